The van der Waals surface area contributed by atoms with Crippen LogP contribution in [-0.2, 0) is 13.0 Å². The van der Waals surface area contributed by atoms with Crippen LogP contribution in [0.3, 0.4) is 0 Å². The molecule has 0 bridgehead atoms. The third kappa shape index (κ3) is 3.81. The van der Waals surface area contributed by atoms with Gasteiger partial charge >= 0.3 is 0 Å². The molecule has 20 heavy (non-hydrogen) atoms. The van der Waals surface area contributed by atoms with Crippen LogP contribution in [0.15, 0.2) is 36.5 Å². The zero-order valence-corrected chi connectivity index (χ0v) is 12.7. The minimum Gasteiger partial charge on any atom is -0.362 e. The second kappa shape index (κ2) is 7.05. The first-order valence-electron chi connectivity index (χ1n) is 6.82. The van der Waals surface area contributed by atoms with Crippen molar-refractivity contribution in [2.24, 2.45) is 0 Å². The van der Waals surface area contributed by atoms with Gasteiger partial charge in [0.2, 0.25) is 0 Å². The SMILES string of the molecule is CCn1ncc(NC(=S)NCCc2ccccc2)c1C. The molecule has 0 saturated heterocycles. The Morgan fingerprint density at radius 2 is 2.05 bits per heavy atom. The molecule has 4 nitrogen and oxygen atoms in total. The predicted molar refractivity (Wildman–Crippen MR) is 87.0 cm³/mol. The molecule has 106 valence electrons. The fourth-order valence-corrected chi connectivity index (χ4v) is 2.23. The van der Waals surface area contributed by atoms with E-state index in [1.54, 1.807) is 0 Å². The highest BCUT2D eigenvalue weighted by Crippen LogP contribution is 2.12. The average Bonchev–Trinajstić information content (AvgIpc) is 2.81. The van der Waals surface area contributed by atoms with Crippen LogP contribution in [0.25, 0.3) is 0 Å². The molecule has 0 spiro atoms. The zero-order valence-electron chi connectivity index (χ0n) is 11.9. The second-order valence-corrected chi connectivity index (χ2v) is 4.98. The Bertz CT molecular complexity index is 563. The summed E-state index contributed by atoms with van der Waals surface area (Å²) >= 11 is 5.30. The summed E-state index contributed by atoms with van der Waals surface area (Å²) in [4.78, 5) is 0. The highest BCUT2D eigenvalue weighted by Gasteiger charge is 2.06. The number of aryl methyl sites for hydroxylation is 1. The van der Waals surface area contributed by atoms with E-state index in [0.717, 1.165) is 30.9 Å². The third-order valence-electron chi connectivity index (χ3n) is 3.19. The minimum absolute atomic E-state index is 0.639. The lowest BCUT2D eigenvalue weighted by Gasteiger charge is -2.10. The molecule has 1 aromatic carbocycles. The molecule has 1 aromatic heterocycles. The predicted octanol–water partition coefficient (Wildman–Crippen LogP) is 2.74. The van der Waals surface area contributed by atoms with E-state index in [0.29, 0.717) is 5.11 Å². The maximum absolute atomic E-state index is 5.30. The van der Waals surface area contributed by atoms with E-state index in [1.807, 2.05) is 23.9 Å². The molecule has 5 heteroatoms. The summed E-state index contributed by atoms with van der Waals surface area (Å²) in [6.45, 7) is 5.78. The van der Waals surface area contributed by atoms with Crippen LogP contribution in [0.2, 0.25) is 0 Å². The summed E-state index contributed by atoms with van der Waals surface area (Å²) in [5, 5.41) is 11.3. The van der Waals surface area contributed by atoms with Gasteiger partial charge in [-0.2, -0.15) is 5.10 Å². The van der Waals surface area contributed by atoms with Gasteiger partial charge in [0.1, 0.15) is 0 Å². The Morgan fingerprint density at radius 3 is 2.70 bits per heavy atom. The van der Waals surface area contributed by atoms with Crippen molar-refractivity contribution in [2.45, 2.75) is 26.8 Å². The number of anilines is 1. The van der Waals surface area contributed by atoms with Gasteiger partial charge in [-0.1, -0.05) is 30.3 Å². The Balaban J connectivity index is 1.79. The van der Waals surface area contributed by atoms with Gasteiger partial charge in [0.15, 0.2) is 5.11 Å². The van der Waals surface area contributed by atoms with Crippen molar-refractivity contribution in [2.75, 3.05) is 11.9 Å². The largest absolute Gasteiger partial charge is 0.362 e. The van der Waals surface area contributed by atoms with Gasteiger partial charge in [-0.05, 0) is 38.0 Å². The molecule has 0 amide bonds. The monoisotopic (exact) mass is 288 g/mol. The van der Waals surface area contributed by atoms with Gasteiger partial charge < -0.3 is 10.6 Å². The quantitative estimate of drug-likeness (QED) is 0.830. The average molecular weight is 288 g/mol. The molecule has 0 aliphatic heterocycles. The molecule has 2 rings (SSSR count). The molecule has 0 unspecified atom stereocenters. The van der Waals surface area contributed by atoms with Crippen molar-refractivity contribution in [1.29, 1.82) is 0 Å². The summed E-state index contributed by atoms with van der Waals surface area (Å²) in [6, 6.07) is 10.4. The molecule has 2 N–H and O–H groups in total. The smallest absolute Gasteiger partial charge is 0.170 e. The van der Waals surface area contributed by atoms with E-state index >= 15 is 0 Å². The van der Waals surface area contributed by atoms with Crippen molar-refractivity contribution in [3.63, 3.8) is 0 Å². The molecular weight excluding hydrogens is 268 g/mol. The highest BCUT2D eigenvalue weighted by atomic mass is 32.1. The standard InChI is InChI=1S/C15H20N4S/c1-3-19-12(2)14(11-17-19)18-15(20)16-10-9-13-7-5-4-6-8-13/h4-8,11H,3,9-10H2,1-2H3,(H2,16,18,20). The van der Waals surface area contributed by atoms with Crippen molar-refractivity contribution < 1.29 is 0 Å². The fourth-order valence-electron chi connectivity index (χ4n) is 2.02. The molecule has 0 aliphatic carbocycles. The van der Waals surface area contributed by atoms with Crippen LogP contribution in [0.1, 0.15) is 18.2 Å². The van der Waals surface area contributed by atoms with Crippen LogP contribution >= 0.6 is 12.2 Å². The number of hydrogen-bond donors (Lipinski definition) is 2. The van der Waals surface area contributed by atoms with E-state index in [1.165, 1.54) is 5.56 Å². The lowest BCUT2D eigenvalue weighted by molar-refractivity contribution is 0.640. The fraction of sp³-hybridized carbons (Fsp3) is 0.333. The van der Waals surface area contributed by atoms with Gasteiger partial charge in [0.05, 0.1) is 17.6 Å². The van der Waals surface area contributed by atoms with Crippen LogP contribution in [0.4, 0.5) is 5.69 Å². The van der Waals surface area contributed by atoms with Crippen LogP contribution in [-0.4, -0.2) is 21.4 Å². The normalized spacial score (nSPS) is 10.3. The molecular formula is C15H20N4S. The number of benzene rings is 1. The molecule has 1 heterocycles. The van der Waals surface area contributed by atoms with Gasteiger partial charge in [-0.25, -0.2) is 0 Å². The first-order valence-corrected chi connectivity index (χ1v) is 7.22. The summed E-state index contributed by atoms with van der Waals surface area (Å²) in [7, 11) is 0. The van der Waals surface area contributed by atoms with Crippen molar-refractivity contribution in [3.05, 3.63) is 47.8 Å². The summed E-state index contributed by atoms with van der Waals surface area (Å²) < 4.78 is 1.94. The number of aromatic nitrogens is 2. The molecule has 0 saturated carbocycles. The van der Waals surface area contributed by atoms with E-state index in [4.69, 9.17) is 12.2 Å². The Labute approximate surface area is 125 Å². The lowest BCUT2D eigenvalue weighted by Crippen LogP contribution is -2.30. The van der Waals surface area contributed by atoms with Crippen molar-refractivity contribution >= 4 is 23.0 Å². The molecule has 0 radical (unpaired) electrons. The van der Waals surface area contributed by atoms with Crippen molar-refractivity contribution in [3.8, 4) is 0 Å². The summed E-state index contributed by atoms with van der Waals surface area (Å²) in [6.07, 6.45) is 2.76. The summed E-state index contributed by atoms with van der Waals surface area (Å²) in [5.41, 5.74) is 3.36. The van der Waals surface area contributed by atoms with E-state index in [2.05, 4.69) is 46.9 Å². The molecule has 2 aromatic rings. The lowest BCUT2D eigenvalue weighted by atomic mass is 10.1. The van der Waals surface area contributed by atoms with Gasteiger partial charge in [0.25, 0.3) is 0 Å². The number of thiocarbonyl (C=S) groups is 1. The van der Waals surface area contributed by atoms with Crippen LogP contribution in [0.5, 0.6) is 0 Å². The number of rotatable bonds is 5. The second-order valence-electron chi connectivity index (χ2n) is 4.58. The number of hydrogen-bond acceptors (Lipinski definition) is 2. The molecule has 0 aliphatic rings. The highest BCUT2D eigenvalue weighted by molar-refractivity contribution is 7.80. The molecule has 0 atom stereocenters. The van der Waals surface area contributed by atoms with Crippen LogP contribution in [0, 0.1) is 6.92 Å². The zero-order chi connectivity index (χ0) is 14.4. The Kier molecular flexibility index (Phi) is 5.12. The maximum Gasteiger partial charge on any atom is 0.170 e. The maximum atomic E-state index is 5.30. The number of nitrogens with one attached hydrogen (secondary N) is 2. The Hall–Kier alpha value is -1.88. The first-order chi connectivity index (χ1) is 9.70. The van der Waals surface area contributed by atoms with Gasteiger partial charge in [0, 0.05) is 13.1 Å². The van der Waals surface area contributed by atoms with Gasteiger partial charge in [-0.15, -0.1) is 0 Å². The topological polar surface area (TPSA) is 41.9 Å². The first kappa shape index (κ1) is 14.5. The third-order valence-corrected chi connectivity index (χ3v) is 3.44. The van der Waals surface area contributed by atoms with E-state index < -0.39 is 0 Å². The molecule has 0 fully saturated rings. The summed E-state index contributed by atoms with van der Waals surface area (Å²) in [5.74, 6) is 0. The number of nitrogens with zero attached hydrogens (tertiary/aromatic N) is 2. The van der Waals surface area contributed by atoms with E-state index in [9.17, 15) is 0 Å². The minimum atomic E-state index is 0.639. The van der Waals surface area contributed by atoms with Crippen LogP contribution < -0.4 is 10.6 Å². The van der Waals surface area contributed by atoms with Gasteiger partial charge in [-0.3, -0.25) is 4.68 Å². The Morgan fingerprint density at radius 1 is 1.30 bits per heavy atom. The van der Waals surface area contributed by atoms with Crippen molar-refractivity contribution in [1.82, 2.24) is 15.1 Å². The van der Waals surface area contributed by atoms with E-state index in [-0.39, 0.29) is 0 Å².